The Hall–Kier alpha value is -0.420. The third-order valence-electron chi connectivity index (χ3n) is 1.05. The number of nitrogens with two attached hydrogens (primary N) is 1. The number of alkyl halides is 1. The van der Waals surface area contributed by atoms with Gasteiger partial charge in [-0.1, -0.05) is 0 Å². The molecule has 0 fully saturated rings. The maximum absolute atomic E-state index is 10.1. The lowest BCUT2D eigenvalue weighted by atomic mass is 10.4. The van der Waals surface area contributed by atoms with Crippen LogP contribution < -0.4 is 5.73 Å². The SMILES string of the molecule is CSC(CCCl)=C(N)[N+](=O)[O-]. The fraction of sp³-hybridized carbons (Fsp3) is 0.600. The van der Waals surface area contributed by atoms with Crippen LogP contribution in [-0.4, -0.2) is 17.1 Å². The van der Waals surface area contributed by atoms with Crippen LogP contribution in [0.3, 0.4) is 0 Å². The molecule has 0 aromatic carbocycles. The number of hydrogen-bond acceptors (Lipinski definition) is 4. The second-order valence-corrected chi connectivity index (χ2v) is 2.99. The molecule has 0 aromatic heterocycles. The highest BCUT2D eigenvalue weighted by atomic mass is 35.5. The van der Waals surface area contributed by atoms with E-state index in [0.29, 0.717) is 17.2 Å². The van der Waals surface area contributed by atoms with Gasteiger partial charge in [0.25, 0.3) is 0 Å². The van der Waals surface area contributed by atoms with Gasteiger partial charge < -0.3 is 10.1 Å². The summed E-state index contributed by atoms with van der Waals surface area (Å²) in [5, 5.41) is 10.1. The zero-order valence-electron chi connectivity index (χ0n) is 6.04. The number of hydrogen-bond donors (Lipinski definition) is 1. The Morgan fingerprint density at radius 2 is 2.36 bits per heavy atom. The van der Waals surface area contributed by atoms with Crippen molar-refractivity contribution in [3.8, 4) is 0 Å². The van der Waals surface area contributed by atoms with Crippen molar-refractivity contribution in [3.05, 3.63) is 20.8 Å². The lowest BCUT2D eigenvalue weighted by Gasteiger charge is -2.01. The van der Waals surface area contributed by atoms with Crippen LogP contribution in [0.5, 0.6) is 0 Å². The van der Waals surface area contributed by atoms with Crippen LogP contribution in [0, 0.1) is 10.1 Å². The predicted molar refractivity (Wildman–Crippen MR) is 47.1 cm³/mol. The molecule has 11 heavy (non-hydrogen) atoms. The van der Waals surface area contributed by atoms with Crippen molar-refractivity contribution in [3.63, 3.8) is 0 Å². The average Bonchev–Trinajstić information content (AvgIpc) is 1.98. The number of rotatable bonds is 4. The zero-order chi connectivity index (χ0) is 8.85. The topological polar surface area (TPSA) is 69.2 Å². The quantitative estimate of drug-likeness (QED) is 0.419. The van der Waals surface area contributed by atoms with Gasteiger partial charge in [-0.05, 0) is 11.2 Å². The Labute approximate surface area is 73.9 Å². The second kappa shape index (κ2) is 5.26. The standard InChI is InChI=1S/C5H9ClN2O2S/c1-11-4(2-3-6)5(7)8(9)10/h2-3,7H2,1H3. The zero-order valence-corrected chi connectivity index (χ0v) is 7.61. The first-order valence-corrected chi connectivity index (χ1v) is 4.62. The first-order chi connectivity index (χ1) is 5.13. The van der Waals surface area contributed by atoms with E-state index in [4.69, 9.17) is 17.3 Å². The van der Waals surface area contributed by atoms with Gasteiger partial charge in [0.1, 0.15) is 0 Å². The van der Waals surface area contributed by atoms with Crippen molar-refractivity contribution in [1.82, 2.24) is 0 Å². The minimum atomic E-state index is -0.599. The maximum atomic E-state index is 10.1. The summed E-state index contributed by atoms with van der Waals surface area (Å²) in [6.45, 7) is 0. The molecule has 0 atom stereocenters. The predicted octanol–water partition coefficient (Wildman–Crippen LogP) is 1.38. The molecule has 0 amide bonds. The van der Waals surface area contributed by atoms with Gasteiger partial charge in [0.2, 0.25) is 0 Å². The fourth-order valence-corrected chi connectivity index (χ4v) is 1.41. The first kappa shape index (κ1) is 10.6. The molecule has 0 aliphatic carbocycles. The Morgan fingerprint density at radius 1 is 1.82 bits per heavy atom. The largest absolute Gasteiger partial charge is 0.358 e. The summed E-state index contributed by atoms with van der Waals surface area (Å²) in [7, 11) is 0. The number of thioether (sulfide) groups is 1. The number of nitrogens with zero attached hydrogens (tertiary/aromatic N) is 1. The minimum absolute atomic E-state index is 0.293. The highest BCUT2D eigenvalue weighted by Crippen LogP contribution is 2.18. The van der Waals surface area contributed by atoms with Crippen LogP contribution in [0.15, 0.2) is 10.7 Å². The van der Waals surface area contributed by atoms with E-state index >= 15 is 0 Å². The van der Waals surface area contributed by atoms with Crippen LogP contribution in [0.25, 0.3) is 0 Å². The van der Waals surface area contributed by atoms with Gasteiger partial charge in [0.15, 0.2) is 0 Å². The van der Waals surface area contributed by atoms with Crippen molar-refractivity contribution in [1.29, 1.82) is 0 Å². The monoisotopic (exact) mass is 196 g/mol. The van der Waals surface area contributed by atoms with Gasteiger partial charge in [-0.25, -0.2) is 0 Å². The number of halogens is 1. The van der Waals surface area contributed by atoms with E-state index in [2.05, 4.69) is 0 Å². The van der Waals surface area contributed by atoms with E-state index in [1.165, 1.54) is 11.8 Å². The molecule has 0 aliphatic rings. The molecule has 0 aromatic rings. The van der Waals surface area contributed by atoms with E-state index in [9.17, 15) is 10.1 Å². The number of allylic oxidation sites excluding steroid dienone is 1. The van der Waals surface area contributed by atoms with E-state index in [1.54, 1.807) is 6.26 Å². The lowest BCUT2D eigenvalue weighted by molar-refractivity contribution is -0.427. The van der Waals surface area contributed by atoms with Gasteiger partial charge >= 0.3 is 5.82 Å². The average molecular weight is 197 g/mol. The van der Waals surface area contributed by atoms with E-state index in [1.807, 2.05) is 0 Å². The molecule has 6 heteroatoms. The van der Waals surface area contributed by atoms with Crippen molar-refractivity contribution >= 4 is 23.4 Å². The summed E-state index contributed by atoms with van der Waals surface area (Å²) >= 11 is 6.66. The fourth-order valence-electron chi connectivity index (χ4n) is 0.522. The lowest BCUT2D eigenvalue weighted by Crippen LogP contribution is -2.11. The third-order valence-corrected chi connectivity index (χ3v) is 2.15. The van der Waals surface area contributed by atoms with Gasteiger partial charge in [-0.3, -0.25) is 5.73 Å². The molecule has 0 radical (unpaired) electrons. The summed E-state index contributed by atoms with van der Waals surface area (Å²) in [4.78, 5) is 10.1. The van der Waals surface area contributed by atoms with Crippen molar-refractivity contribution in [2.24, 2.45) is 5.73 Å². The Morgan fingerprint density at radius 3 is 2.64 bits per heavy atom. The molecule has 0 saturated heterocycles. The molecule has 0 saturated carbocycles. The van der Waals surface area contributed by atoms with Gasteiger partial charge in [0.05, 0.1) is 4.91 Å². The molecule has 2 N–H and O–H groups in total. The molecule has 0 bridgehead atoms. The van der Waals surface area contributed by atoms with Crippen LogP contribution >= 0.6 is 23.4 Å². The number of nitro groups is 1. The summed E-state index contributed by atoms with van der Waals surface area (Å²) in [5.41, 5.74) is 5.16. The maximum Gasteiger partial charge on any atom is 0.323 e. The third kappa shape index (κ3) is 3.48. The first-order valence-electron chi connectivity index (χ1n) is 2.86. The van der Waals surface area contributed by atoms with Crippen molar-refractivity contribution in [2.45, 2.75) is 6.42 Å². The van der Waals surface area contributed by atoms with Gasteiger partial charge in [-0.2, -0.15) is 0 Å². The normalized spacial score (nSPS) is 12.5. The van der Waals surface area contributed by atoms with Crippen LogP contribution in [0.1, 0.15) is 6.42 Å². The van der Waals surface area contributed by atoms with Crippen molar-refractivity contribution in [2.75, 3.05) is 12.1 Å². The van der Waals surface area contributed by atoms with Gasteiger partial charge in [-0.15, -0.1) is 23.4 Å². The Balaban J connectivity index is 4.39. The van der Waals surface area contributed by atoms with Gasteiger partial charge in [0, 0.05) is 12.3 Å². The summed E-state index contributed by atoms with van der Waals surface area (Å²) in [6, 6.07) is 0. The highest BCUT2D eigenvalue weighted by Gasteiger charge is 2.09. The van der Waals surface area contributed by atoms with Crippen molar-refractivity contribution < 1.29 is 4.92 Å². The Bertz CT molecular complexity index is 183. The van der Waals surface area contributed by atoms with Crippen LogP contribution in [0.4, 0.5) is 0 Å². The molecular formula is C5H9ClN2O2S. The minimum Gasteiger partial charge on any atom is -0.358 e. The molecule has 64 valence electrons. The van der Waals surface area contributed by atoms with Crippen LogP contribution in [-0.2, 0) is 0 Å². The molecular weight excluding hydrogens is 188 g/mol. The second-order valence-electron chi connectivity index (χ2n) is 1.71. The summed E-state index contributed by atoms with van der Waals surface area (Å²) in [6.07, 6.45) is 2.19. The molecule has 0 spiro atoms. The molecule has 0 rings (SSSR count). The van der Waals surface area contributed by atoms with E-state index < -0.39 is 4.92 Å². The van der Waals surface area contributed by atoms with E-state index in [-0.39, 0.29) is 5.82 Å². The summed E-state index contributed by atoms with van der Waals surface area (Å²) < 4.78 is 0. The highest BCUT2D eigenvalue weighted by molar-refractivity contribution is 8.02. The molecule has 4 nitrogen and oxygen atoms in total. The molecule has 0 unspecified atom stereocenters. The molecule has 0 heterocycles. The van der Waals surface area contributed by atoms with E-state index in [0.717, 1.165) is 0 Å². The Kier molecular flexibility index (Phi) is 5.06. The van der Waals surface area contributed by atoms with Crippen LogP contribution in [0.2, 0.25) is 0 Å². The smallest absolute Gasteiger partial charge is 0.323 e. The summed E-state index contributed by atoms with van der Waals surface area (Å²) in [5.74, 6) is 0.0585. The molecule has 0 aliphatic heterocycles.